The predicted octanol–water partition coefficient (Wildman–Crippen LogP) is 2.97. The molecule has 1 N–H and O–H groups in total. The molecule has 2 aliphatic rings. The molecule has 1 spiro atoms. The van der Waals surface area contributed by atoms with Crippen molar-refractivity contribution in [2.75, 3.05) is 44.7 Å². The minimum absolute atomic E-state index is 0.0800. The van der Waals surface area contributed by atoms with Gasteiger partial charge in [0.2, 0.25) is 15.9 Å². The fraction of sp³-hybridized carbons (Fsp3) is 0.480. The first-order valence-electron chi connectivity index (χ1n) is 11.5. The van der Waals surface area contributed by atoms with Crippen LogP contribution in [0.4, 0.5) is 10.1 Å². The number of carbonyl (C=O) groups is 1. The van der Waals surface area contributed by atoms with E-state index in [0.717, 1.165) is 32.2 Å². The summed E-state index contributed by atoms with van der Waals surface area (Å²) in [5.41, 5.74) is 2.86. The summed E-state index contributed by atoms with van der Waals surface area (Å²) in [6.45, 7) is 2.69. The molecular weight excluding hydrogens is 457 g/mol. The fourth-order valence-corrected chi connectivity index (χ4v) is 5.63. The van der Waals surface area contributed by atoms with Crippen LogP contribution in [-0.4, -0.2) is 64.1 Å². The third kappa shape index (κ3) is 5.42. The largest absolute Gasteiger partial charge is 0.365 e. The van der Waals surface area contributed by atoms with E-state index in [1.54, 1.807) is 14.1 Å². The maximum atomic E-state index is 14.6. The number of fused-ring (bicyclic) bond motifs is 2. The lowest BCUT2D eigenvalue weighted by Crippen LogP contribution is -2.46. The minimum Gasteiger partial charge on any atom is -0.365 e. The van der Waals surface area contributed by atoms with E-state index in [2.05, 4.69) is 27.8 Å². The van der Waals surface area contributed by atoms with Gasteiger partial charge >= 0.3 is 0 Å². The van der Waals surface area contributed by atoms with Crippen molar-refractivity contribution in [1.82, 2.24) is 9.80 Å². The first-order valence-corrected chi connectivity index (χ1v) is 13.4. The highest BCUT2D eigenvalue weighted by atomic mass is 32.2. The Labute approximate surface area is 200 Å². The highest BCUT2D eigenvalue weighted by Crippen LogP contribution is 2.44. The first-order chi connectivity index (χ1) is 16.1. The smallest absolute Gasteiger partial charge is 0.229 e. The second-order valence-electron chi connectivity index (χ2n) is 9.55. The Morgan fingerprint density at radius 3 is 2.59 bits per heavy atom. The van der Waals surface area contributed by atoms with Crippen molar-refractivity contribution in [2.24, 2.45) is 5.92 Å². The lowest BCUT2D eigenvalue weighted by atomic mass is 9.83. The second kappa shape index (κ2) is 9.64. The van der Waals surface area contributed by atoms with Gasteiger partial charge < -0.3 is 14.5 Å². The highest BCUT2D eigenvalue weighted by Gasteiger charge is 2.42. The lowest BCUT2D eigenvalue weighted by Gasteiger charge is -2.40. The Hall–Kier alpha value is -2.49. The zero-order valence-electron chi connectivity index (χ0n) is 19.9. The number of anilines is 1. The number of sulfonamides is 1. The molecule has 184 valence electrons. The average Bonchev–Trinajstić information content (AvgIpc) is 3.14. The third-order valence-corrected chi connectivity index (χ3v) is 7.37. The Kier molecular flexibility index (Phi) is 6.98. The molecule has 2 aliphatic heterocycles. The number of likely N-dealkylation sites (tertiary alicyclic amines) is 1. The molecule has 1 unspecified atom stereocenters. The lowest BCUT2D eigenvalue weighted by molar-refractivity contribution is -0.134. The van der Waals surface area contributed by atoms with E-state index in [-0.39, 0.29) is 23.6 Å². The Morgan fingerprint density at radius 2 is 1.91 bits per heavy atom. The molecule has 2 aromatic carbocycles. The van der Waals surface area contributed by atoms with Gasteiger partial charge in [-0.1, -0.05) is 24.3 Å². The minimum atomic E-state index is -3.49. The van der Waals surface area contributed by atoms with E-state index in [9.17, 15) is 17.6 Å². The van der Waals surface area contributed by atoms with Crippen LogP contribution in [0.1, 0.15) is 29.5 Å². The summed E-state index contributed by atoms with van der Waals surface area (Å²) < 4.78 is 46.4. The number of rotatable bonds is 7. The van der Waals surface area contributed by atoms with Crippen molar-refractivity contribution < 1.29 is 22.3 Å². The van der Waals surface area contributed by atoms with Crippen molar-refractivity contribution in [2.45, 2.75) is 31.5 Å². The summed E-state index contributed by atoms with van der Waals surface area (Å²) in [5, 5.41) is 0. The number of amides is 1. The van der Waals surface area contributed by atoms with Gasteiger partial charge in [-0.05, 0) is 54.2 Å². The van der Waals surface area contributed by atoms with Crippen LogP contribution in [0.25, 0.3) is 0 Å². The van der Waals surface area contributed by atoms with E-state index in [1.165, 1.54) is 34.2 Å². The SMILES string of the molecule is CN(C)C(=O)C(Cc1cc(NS(C)(=O)=O)ccc1F)CN1CCC2(CC1)OCc1ccccc12. The number of hydrogen-bond acceptors (Lipinski definition) is 5. The van der Waals surface area contributed by atoms with E-state index in [0.29, 0.717) is 18.7 Å². The van der Waals surface area contributed by atoms with Gasteiger partial charge in [-0.3, -0.25) is 9.52 Å². The zero-order chi connectivity index (χ0) is 24.5. The molecule has 7 nitrogen and oxygen atoms in total. The van der Waals surface area contributed by atoms with Crippen molar-refractivity contribution >= 4 is 21.6 Å². The number of piperidine rings is 1. The van der Waals surface area contributed by atoms with E-state index < -0.39 is 21.8 Å². The molecule has 0 saturated carbocycles. The molecule has 1 atom stereocenters. The zero-order valence-corrected chi connectivity index (χ0v) is 20.7. The molecule has 0 radical (unpaired) electrons. The molecule has 34 heavy (non-hydrogen) atoms. The normalized spacial score (nSPS) is 18.5. The number of carbonyl (C=O) groups excluding carboxylic acids is 1. The number of nitrogens with zero attached hydrogens (tertiary/aromatic N) is 2. The van der Waals surface area contributed by atoms with Gasteiger partial charge in [0.15, 0.2) is 0 Å². The number of benzene rings is 2. The van der Waals surface area contributed by atoms with Crippen molar-refractivity contribution in [3.8, 4) is 0 Å². The van der Waals surface area contributed by atoms with Crippen molar-refractivity contribution in [3.63, 3.8) is 0 Å². The maximum Gasteiger partial charge on any atom is 0.229 e. The highest BCUT2D eigenvalue weighted by molar-refractivity contribution is 7.92. The molecule has 1 fully saturated rings. The van der Waals surface area contributed by atoms with Crippen molar-refractivity contribution in [3.05, 3.63) is 65.0 Å². The summed E-state index contributed by atoms with van der Waals surface area (Å²) in [7, 11) is -0.0952. The van der Waals surface area contributed by atoms with Gasteiger partial charge in [-0.2, -0.15) is 0 Å². The van der Waals surface area contributed by atoms with E-state index >= 15 is 0 Å². The molecule has 2 aromatic rings. The summed E-state index contributed by atoms with van der Waals surface area (Å²) >= 11 is 0. The van der Waals surface area contributed by atoms with Crippen LogP contribution >= 0.6 is 0 Å². The Bertz CT molecular complexity index is 1160. The van der Waals surface area contributed by atoms with Crippen LogP contribution in [0.5, 0.6) is 0 Å². The van der Waals surface area contributed by atoms with Crippen LogP contribution in [0.15, 0.2) is 42.5 Å². The van der Waals surface area contributed by atoms with E-state index in [1.807, 2.05) is 6.07 Å². The van der Waals surface area contributed by atoms with Gasteiger partial charge in [0.1, 0.15) is 5.82 Å². The number of nitrogens with one attached hydrogen (secondary N) is 1. The second-order valence-corrected chi connectivity index (χ2v) is 11.3. The van der Waals surface area contributed by atoms with Crippen LogP contribution in [0, 0.1) is 11.7 Å². The van der Waals surface area contributed by atoms with Gasteiger partial charge in [0.25, 0.3) is 0 Å². The van der Waals surface area contributed by atoms with Crippen LogP contribution in [0.2, 0.25) is 0 Å². The molecule has 4 rings (SSSR count). The Morgan fingerprint density at radius 1 is 1.21 bits per heavy atom. The molecule has 0 aliphatic carbocycles. The molecule has 2 heterocycles. The number of ether oxygens (including phenoxy) is 1. The standard InChI is InChI=1S/C25H32FN3O4S/c1-28(2)24(30)20(14-19-15-21(8-9-23(19)26)27-34(3,31)32)16-29-12-10-25(11-13-29)22-7-5-4-6-18(22)17-33-25/h4-9,15,20,27H,10-14,16-17H2,1-3H3. The molecular formula is C25H32FN3O4S. The topological polar surface area (TPSA) is 79.0 Å². The molecule has 9 heteroatoms. The molecule has 1 saturated heterocycles. The van der Waals surface area contributed by atoms with Gasteiger partial charge in [0.05, 0.1) is 24.4 Å². The predicted molar refractivity (Wildman–Crippen MR) is 129 cm³/mol. The first kappa shape index (κ1) is 24.6. The van der Waals surface area contributed by atoms with Gasteiger partial charge in [-0.25, -0.2) is 12.8 Å². The monoisotopic (exact) mass is 489 g/mol. The quantitative estimate of drug-likeness (QED) is 0.647. The Balaban J connectivity index is 1.47. The summed E-state index contributed by atoms with van der Waals surface area (Å²) in [6.07, 6.45) is 2.91. The molecule has 1 amide bonds. The third-order valence-electron chi connectivity index (χ3n) is 6.76. The fourth-order valence-electron chi connectivity index (χ4n) is 5.08. The number of hydrogen-bond donors (Lipinski definition) is 1. The van der Waals surface area contributed by atoms with Crippen LogP contribution < -0.4 is 4.72 Å². The average molecular weight is 490 g/mol. The van der Waals surface area contributed by atoms with Crippen LogP contribution in [0.3, 0.4) is 0 Å². The summed E-state index contributed by atoms with van der Waals surface area (Å²) in [4.78, 5) is 16.8. The van der Waals surface area contributed by atoms with Crippen molar-refractivity contribution in [1.29, 1.82) is 0 Å². The van der Waals surface area contributed by atoms with Gasteiger partial charge in [-0.15, -0.1) is 0 Å². The maximum absolute atomic E-state index is 14.6. The van der Waals surface area contributed by atoms with E-state index in [4.69, 9.17) is 4.74 Å². The molecule has 0 bridgehead atoms. The number of halogens is 1. The van der Waals surface area contributed by atoms with Crippen LogP contribution in [-0.2, 0) is 38.2 Å². The summed E-state index contributed by atoms with van der Waals surface area (Å²) in [6, 6.07) is 12.4. The molecule has 0 aromatic heterocycles. The summed E-state index contributed by atoms with van der Waals surface area (Å²) in [5.74, 6) is -0.989. The van der Waals surface area contributed by atoms with Gasteiger partial charge in [0, 0.05) is 39.4 Å².